The number of hydrogen-bond acceptors (Lipinski definition) is 6. The number of ether oxygens (including phenoxy) is 3. The molecule has 0 saturated carbocycles. The Morgan fingerprint density at radius 2 is 0.470 bits per heavy atom. The van der Waals surface area contributed by atoms with E-state index in [1.54, 1.807) is 0 Å². The zero-order valence-electron chi connectivity index (χ0n) is 53.7. The van der Waals surface area contributed by atoms with E-state index in [9.17, 15) is 14.4 Å². The van der Waals surface area contributed by atoms with Crippen LogP contribution in [0.1, 0.15) is 290 Å². The van der Waals surface area contributed by atoms with Gasteiger partial charge in [-0.3, -0.25) is 14.4 Å². The molecule has 1 unspecified atom stereocenters. The lowest BCUT2D eigenvalue weighted by molar-refractivity contribution is -0.167. The summed E-state index contributed by atoms with van der Waals surface area (Å²) < 4.78 is 16.9. The molecule has 83 heavy (non-hydrogen) atoms. The number of carbonyl (C=O) groups is 3. The van der Waals surface area contributed by atoms with E-state index >= 15 is 0 Å². The van der Waals surface area contributed by atoms with Gasteiger partial charge in [-0.1, -0.05) is 301 Å². The van der Waals surface area contributed by atoms with Gasteiger partial charge in [0.1, 0.15) is 13.2 Å². The summed E-state index contributed by atoms with van der Waals surface area (Å²) in [6.07, 6.45) is 101. The normalized spacial score (nSPS) is 13.1. The van der Waals surface area contributed by atoms with Crippen LogP contribution in [0.25, 0.3) is 0 Å². The Morgan fingerprint density at radius 3 is 0.735 bits per heavy atom. The second-order valence-electron chi connectivity index (χ2n) is 22.0. The van der Waals surface area contributed by atoms with E-state index < -0.39 is 6.10 Å². The summed E-state index contributed by atoms with van der Waals surface area (Å²) in [7, 11) is 0. The quantitative estimate of drug-likeness (QED) is 0.0261. The largest absolute Gasteiger partial charge is 0.462 e. The second kappa shape index (κ2) is 69.5. The third-order valence-electron chi connectivity index (χ3n) is 14.0. The predicted octanol–water partition coefficient (Wildman–Crippen LogP) is 23.7. The molecule has 6 heteroatoms. The van der Waals surface area contributed by atoms with Crippen LogP contribution >= 0.6 is 0 Å². The molecule has 0 rings (SSSR count). The fourth-order valence-electron chi connectivity index (χ4n) is 9.01. The van der Waals surface area contributed by atoms with Gasteiger partial charge in [0.2, 0.25) is 0 Å². The van der Waals surface area contributed by atoms with E-state index in [0.29, 0.717) is 19.3 Å². The monoisotopic (exact) mass is 1140 g/mol. The maximum Gasteiger partial charge on any atom is 0.306 e. The maximum absolute atomic E-state index is 12.9. The first-order chi connectivity index (χ1) is 41.0. The molecule has 0 N–H and O–H groups in total. The molecule has 0 aliphatic carbocycles. The van der Waals surface area contributed by atoms with E-state index in [4.69, 9.17) is 14.2 Å². The number of rotatable bonds is 60. The van der Waals surface area contributed by atoms with Crippen molar-refractivity contribution in [2.45, 2.75) is 297 Å². The Bertz CT molecular complexity index is 1840. The molecule has 0 aliphatic rings. The summed E-state index contributed by atoms with van der Waals surface area (Å²) in [6.45, 7) is 6.39. The van der Waals surface area contributed by atoms with Gasteiger partial charge in [0.05, 0.1) is 0 Å². The summed E-state index contributed by atoms with van der Waals surface area (Å²) in [4.78, 5) is 38.3. The first-order valence-electron chi connectivity index (χ1n) is 34.0. The first kappa shape index (κ1) is 78.0. The van der Waals surface area contributed by atoms with Gasteiger partial charge in [0, 0.05) is 19.3 Å². The number of carbonyl (C=O) groups excluding carboxylic acids is 3. The molecular weight excluding hydrogens is 1020 g/mol. The van der Waals surface area contributed by atoms with Gasteiger partial charge in [-0.2, -0.15) is 0 Å². The van der Waals surface area contributed by atoms with Crippen molar-refractivity contribution in [3.05, 3.63) is 158 Å². The van der Waals surface area contributed by atoms with E-state index in [-0.39, 0.29) is 31.1 Å². The Labute approximate surface area is 511 Å². The highest BCUT2D eigenvalue weighted by Crippen LogP contribution is 2.15. The van der Waals surface area contributed by atoms with Gasteiger partial charge in [-0.05, 0) is 128 Å². The average Bonchev–Trinajstić information content (AvgIpc) is 3.48. The molecule has 0 radical (unpaired) electrons. The molecule has 0 amide bonds. The van der Waals surface area contributed by atoms with Gasteiger partial charge in [-0.25, -0.2) is 0 Å². The summed E-state index contributed by atoms with van der Waals surface area (Å²) in [5.41, 5.74) is 0. The van der Waals surface area contributed by atoms with E-state index in [0.717, 1.165) is 167 Å². The molecule has 6 nitrogen and oxygen atoms in total. The van der Waals surface area contributed by atoms with Crippen molar-refractivity contribution in [1.82, 2.24) is 0 Å². The molecule has 0 bridgehead atoms. The first-order valence-corrected chi connectivity index (χ1v) is 34.0. The Hall–Kier alpha value is -4.97. The van der Waals surface area contributed by atoms with Gasteiger partial charge >= 0.3 is 17.9 Å². The van der Waals surface area contributed by atoms with Crippen molar-refractivity contribution in [1.29, 1.82) is 0 Å². The predicted molar refractivity (Wildman–Crippen MR) is 362 cm³/mol. The molecule has 0 aromatic rings. The molecule has 0 aromatic heterocycles. The Kier molecular flexibility index (Phi) is 65.4. The van der Waals surface area contributed by atoms with Crippen molar-refractivity contribution in [2.75, 3.05) is 13.2 Å². The van der Waals surface area contributed by atoms with Crippen LogP contribution in [-0.4, -0.2) is 37.2 Å². The van der Waals surface area contributed by atoms with Gasteiger partial charge < -0.3 is 14.2 Å². The van der Waals surface area contributed by atoms with E-state index in [1.807, 2.05) is 0 Å². The van der Waals surface area contributed by atoms with Crippen LogP contribution in [0.5, 0.6) is 0 Å². The van der Waals surface area contributed by atoms with E-state index in [2.05, 4.69) is 179 Å². The van der Waals surface area contributed by atoms with E-state index in [1.165, 1.54) is 83.5 Å². The molecule has 0 aromatic carbocycles. The molecule has 0 heterocycles. The lowest BCUT2D eigenvalue weighted by Crippen LogP contribution is -2.30. The highest BCUT2D eigenvalue weighted by atomic mass is 16.6. The molecular formula is C77H124O6. The van der Waals surface area contributed by atoms with Gasteiger partial charge in [-0.15, -0.1) is 0 Å². The average molecular weight is 1150 g/mol. The van der Waals surface area contributed by atoms with Gasteiger partial charge in [0.15, 0.2) is 6.10 Å². The number of allylic oxidation sites excluding steroid dienone is 26. The van der Waals surface area contributed by atoms with Crippen LogP contribution in [-0.2, 0) is 28.6 Å². The van der Waals surface area contributed by atoms with Crippen molar-refractivity contribution in [3.63, 3.8) is 0 Å². The minimum absolute atomic E-state index is 0.0916. The molecule has 0 saturated heterocycles. The minimum atomic E-state index is -0.798. The summed E-state index contributed by atoms with van der Waals surface area (Å²) in [5.74, 6) is -0.919. The van der Waals surface area contributed by atoms with Crippen LogP contribution < -0.4 is 0 Å². The maximum atomic E-state index is 12.9. The molecule has 0 fully saturated rings. The summed E-state index contributed by atoms with van der Waals surface area (Å²) >= 11 is 0. The molecule has 1 atom stereocenters. The van der Waals surface area contributed by atoms with Crippen molar-refractivity contribution in [2.24, 2.45) is 0 Å². The van der Waals surface area contributed by atoms with Crippen molar-refractivity contribution in [3.8, 4) is 0 Å². The topological polar surface area (TPSA) is 78.9 Å². The second-order valence-corrected chi connectivity index (χ2v) is 22.0. The lowest BCUT2D eigenvalue weighted by atomic mass is 10.1. The number of hydrogen-bond donors (Lipinski definition) is 0. The van der Waals surface area contributed by atoms with Crippen LogP contribution in [0.15, 0.2) is 158 Å². The summed E-state index contributed by atoms with van der Waals surface area (Å²) in [5, 5.41) is 0. The Balaban J connectivity index is 4.31. The zero-order valence-corrected chi connectivity index (χ0v) is 53.7. The molecule has 0 spiro atoms. The van der Waals surface area contributed by atoms with Crippen LogP contribution in [0.4, 0.5) is 0 Å². The Morgan fingerprint density at radius 1 is 0.253 bits per heavy atom. The fourth-order valence-corrected chi connectivity index (χ4v) is 9.01. The molecule has 468 valence electrons. The van der Waals surface area contributed by atoms with Crippen molar-refractivity contribution < 1.29 is 28.6 Å². The zero-order chi connectivity index (χ0) is 59.9. The number of unbranched alkanes of at least 4 members (excludes halogenated alkanes) is 23. The van der Waals surface area contributed by atoms with Crippen LogP contribution in [0.2, 0.25) is 0 Å². The minimum Gasteiger partial charge on any atom is -0.462 e. The molecule has 0 aliphatic heterocycles. The number of esters is 3. The lowest BCUT2D eigenvalue weighted by Gasteiger charge is -2.18. The third-order valence-corrected chi connectivity index (χ3v) is 14.0. The smallest absolute Gasteiger partial charge is 0.306 e. The highest BCUT2D eigenvalue weighted by Gasteiger charge is 2.19. The van der Waals surface area contributed by atoms with Crippen LogP contribution in [0, 0.1) is 0 Å². The van der Waals surface area contributed by atoms with Crippen molar-refractivity contribution >= 4 is 17.9 Å². The fraction of sp³-hybridized carbons (Fsp3) is 0.623. The third kappa shape index (κ3) is 67.7. The highest BCUT2D eigenvalue weighted by molar-refractivity contribution is 5.71. The summed E-state index contributed by atoms with van der Waals surface area (Å²) in [6, 6.07) is 0. The standard InChI is InChI=1S/C77H124O6/c1-4-7-10-13-16-19-22-24-26-28-30-32-33-34-35-36-37-38-39-40-41-42-43-45-46-48-50-52-55-58-61-64-67-70-76(79)82-73-74(72-81-75(78)69-66-63-60-57-54-21-18-15-12-9-6-3)83-77(80)71-68-65-62-59-56-53-51-49-47-44-31-29-27-25-23-20-17-14-11-8-5-2/h7-8,10-11,16-17,19-20,24-27,30-32,34-35,37-38,40-41,43-45,49,51,74H,4-6,9,12-15,18,21-23,28-29,33,36,39,42,46-48,50,52-73H2,1-3H3/b10-7-,11-8-,19-16-,20-17-,26-24-,27-25-,32-30-,35-34-,38-37-,41-40-,44-31-,45-43-,51-49-. The van der Waals surface area contributed by atoms with Crippen LogP contribution in [0.3, 0.4) is 0 Å². The SMILES string of the molecule is CC/C=C\C/C=C\C/C=C\C/C=C\C/C=C\C/C=C\C/C=C\C/C=C\CCCCCCCCCCC(=O)OCC(COC(=O)CCCCCCCCCCCCC)OC(=O)CCCCCCC/C=C\C/C=C\C/C=C\C/C=C\C/C=C\CC. The van der Waals surface area contributed by atoms with Gasteiger partial charge in [0.25, 0.3) is 0 Å².